The van der Waals surface area contributed by atoms with Gasteiger partial charge in [0.15, 0.2) is 0 Å². The van der Waals surface area contributed by atoms with Gasteiger partial charge in [0, 0.05) is 26.8 Å². The molecule has 0 aliphatic carbocycles. The minimum Gasteiger partial charge on any atom is -0.399 e. The number of carbonyl (C=O) groups excluding carboxylic acids is 2. The summed E-state index contributed by atoms with van der Waals surface area (Å²) >= 11 is 0. The van der Waals surface area contributed by atoms with Crippen LogP contribution < -0.4 is 5.73 Å². The van der Waals surface area contributed by atoms with Crippen LogP contribution in [-0.2, 0) is 9.59 Å². The van der Waals surface area contributed by atoms with Crippen molar-refractivity contribution < 1.29 is 9.59 Å². The zero-order valence-corrected chi connectivity index (χ0v) is 11.9. The van der Waals surface area contributed by atoms with E-state index >= 15 is 0 Å². The van der Waals surface area contributed by atoms with E-state index in [9.17, 15) is 9.59 Å². The van der Waals surface area contributed by atoms with Crippen LogP contribution in [-0.4, -0.2) is 49.3 Å². The van der Waals surface area contributed by atoms with Crippen molar-refractivity contribution in [2.75, 3.05) is 33.4 Å². The predicted molar refractivity (Wildman–Crippen MR) is 75.6 cm³/mol. The third-order valence-corrected chi connectivity index (χ3v) is 3.03. The Kier molecular flexibility index (Phi) is 4.92. The number of nitrogens with two attached hydrogens (primary N) is 1. The summed E-state index contributed by atoms with van der Waals surface area (Å²) in [5, 5.41) is 0. The number of hydrogen-bond acceptors (Lipinski definition) is 3. The van der Waals surface area contributed by atoms with E-state index in [1.54, 1.807) is 33.3 Å². The lowest BCUT2D eigenvalue weighted by atomic mass is 9.99. The summed E-state index contributed by atoms with van der Waals surface area (Å²) in [4.78, 5) is 26.7. The number of nitrogens with zero attached hydrogens (tertiary/aromatic N) is 2. The quantitative estimate of drug-likeness (QED) is 0.821. The van der Waals surface area contributed by atoms with Gasteiger partial charge in [-0.2, -0.15) is 0 Å². The fourth-order valence-electron chi connectivity index (χ4n) is 1.72. The van der Waals surface area contributed by atoms with E-state index < -0.39 is 0 Å². The van der Waals surface area contributed by atoms with E-state index in [4.69, 9.17) is 5.73 Å². The topological polar surface area (TPSA) is 66.6 Å². The number of carbonyl (C=O) groups is 2. The third kappa shape index (κ3) is 3.98. The molecule has 2 N–H and O–H groups in total. The van der Waals surface area contributed by atoms with Gasteiger partial charge < -0.3 is 15.5 Å². The Morgan fingerprint density at radius 2 is 1.89 bits per heavy atom. The SMILES string of the molecule is CC(C(=O)N(C)CC(=O)N(C)C)c1cccc(N)c1. The Labute approximate surface area is 114 Å². The van der Waals surface area contributed by atoms with Gasteiger partial charge in [-0.1, -0.05) is 12.1 Å². The summed E-state index contributed by atoms with van der Waals surface area (Å²) < 4.78 is 0. The summed E-state index contributed by atoms with van der Waals surface area (Å²) in [5.74, 6) is -0.514. The highest BCUT2D eigenvalue weighted by Gasteiger charge is 2.21. The van der Waals surface area contributed by atoms with Crippen LogP contribution in [0.15, 0.2) is 24.3 Å². The molecule has 0 radical (unpaired) electrons. The van der Waals surface area contributed by atoms with Gasteiger partial charge >= 0.3 is 0 Å². The average molecular weight is 263 g/mol. The molecule has 5 heteroatoms. The lowest BCUT2D eigenvalue weighted by Crippen LogP contribution is -2.39. The van der Waals surface area contributed by atoms with Gasteiger partial charge in [0.05, 0.1) is 12.5 Å². The first-order valence-corrected chi connectivity index (χ1v) is 6.13. The van der Waals surface area contributed by atoms with Gasteiger partial charge in [-0.05, 0) is 24.6 Å². The molecule has 5 nitrogen and oxygen atoms in total. The summed E-state index contributed by atoms with van der Waals surface area (Å²) in [6, 6.07) is 7.24. The molecule has 1 aromatic rings. The van der Waals surface area contributed by atoms with Gasteiger partial charge in [-0.25, -0.2) is 0 Å². The molecule has 0 heterocycles. The molecule has 1 aromatic carbocycles. The third-order valence-electron chi connectivity index (χ3n) is 3.03. The molecule has 1 rings (SSSR count). The molecule has 2 amide bonds. The maximum atomic E-state index is 12.2. The predicted octanol–water partition coefficient (Wildman–Crippen LogP) is 0.919. The summed E-state index contributed by atoms with van der Waals surface area (Å²) in [6.45, 7) is 1.90. The zero-order valence-electron chi connectivity index (χ0n) is 11.9. The molecule has 0 aliphatic heterocycles. The molecule has 0 spiro atoms. The zero-order chi connectivity index (χ0) is 14.6. The number of nitrogen functional groups attached to an aromatic ring is 1. The minimum atomic E-state index is -0.316. The number of rotatable bonds is 4. The Hall–Kier alpha value is -2.04. The second-order valence-electron chi connectivity index (χ2n) is 4.87. The largest absolute Gasteiger partial charge is 0.399 e. The van der Waals surface area contributed by atoms with E-state index in [1.165, 1.54) is 9.80 Å². The number of likely N-dealkylation sites (N-methyl/N-ethyl adjacent to an activating group) is 2. The fourth-order valence-corrected chi connectivity index (χ4v) is 1.72. The highest BCUT2D eigenvalue weighted by atomic mass is 16.2. The number of anilines is 1. The van der Waals surface area contributed by atoms with Crippen molar-refractivity contribution in [2.24, 2.45) is 0 Å². The van der Waals surface area contributed by atoms with Crippen molar-refractivity contribution in [2.45, 2.75) is 12.8 Å². The monoisotopic (exact) mass is 263 g/mol. The molecule has 0 saturated heterocycles. The van der Waals surface area contributed by atoms with Crippen LogP contribution in [0.1, 0.15) is 18.4 Å². The maximum Gasteiger partial charge on any atom is 0.241 e. The highest BCUT2D eigenvalue weighted by molar-refractivity contribution is 5.88. The maximum absolute atomic E-state index is 12.2. The van der Waals surface area contributed by atoms with Gasteiger partial charge in [-0.15, -0.1) is 0 Å². The summed E-state index contributed by atoms with van der Waals surface area (Å²) in [5.41, 5.74) is 7.19. The Morgan fingerprint density at radius 3 is 2.42 bits per heavy atom. The molecule has 1 unspecified atom stereocenters. The number of amides is 2. The normalized spacial score (nSPS) is 11.8. The van der Waals surface area contributed by atoms with Crippen LogP contribution in [0.5, 0.6) is 0 Å². The lowest BCUT2D eigenvalue weighted by molar-refractivity contribution is -0.138. The van der Waals surface area contributed by atoms with Crippen LogP contribution in [0.4, 0.5) is 5.69 Å². The molecule has 0 fully saturated rings. The molecule has 19 heavy (non-hydrogen) atoms. The van der Waals surface area contributed by atoms with E-state index in [2.05, 4.69) is 0 Å². The van der Waals surface area contributed by atoms with Crippen molar-refractivity contribution in [1.29, 1.82) is 0 Å². The van der Waals surface area contributed by atoms with E-state index in [0.29, 0.717) is 5.69 Å². The molecular weight excluding hydrogens is 242 g/mol. The second-order valence-corrected chi connectivity index (χ2v) is 4.87. The van der Waals surface area contributed by atoms with Crippen molar-refractivity contribution in [1.82, 2.24) is 9.80 Å². The molecule has 0 aliphatic rings. The molecule has 0 aromatic heterocycles. The molecular formula is C14H21N3O2. The van der Waals surface area contributed by atoms with E-state index in [0.717, 1.165) is 5.56 Å². The van der Waals surface area contributed by atoms with Crippen LogP contribution in [0.3, 0.4) is 0 Å². The van der Waals surface area contributed by atoms with Crippen LogP contribution >= 0.6 is 0 Å². The van der Waals surface area contributed by atoms with Gasteiger partial charge in [0.25, 0.3) is 0 Å². The lowest BCUT2D eigenvalue weighted by Gasteiger charge is -2.22. The first kappa shape index (κ1) is 15.0. The Balaban J connectivity index is 2.74. The minimum absolute atomic E-state index is 0.0818. The Morgan fingerprint density at radius 1 is 1.26 bits per heavy atom. The van der Waals surface area contributed by atoms with Crippen molar-refractivity contribution >= 4 is 17.5 Å². The van der Waals surface area contributed by atoms with E-state index in [1.807, 2.05) is 19.1 Å². The standard InChI is InChI=1S/C14H21N3O2/c1-10(11-6-5-7-12(15)8-11)14(19)17(4)9-13(18)16(2)3/h5-8,10H,9,15H2,1-4H3. The summed E-state index contributed by atoms with van der Waals surface area (Å²) in [7, 11) is 4.97. The van der Waals surface area contributed by atoms with Crippen molar-refractivity contribution in [3.63, 3.8) is 0 Å². The first-order valence-electron chi connectivity index (χ1n) is 6.13. The molecule has 0 bridgehead atoms. The Bertz CT molecular complexity index is 472. The summed E-state index contributed by atoms with van der Waals surface area (Å²) in [6.07, 6.45) is 0. The number of benzene rings is 1. The van der Waals surface area contributed by atoms with Crippen LogP contribution in [0.2, 0.25) is 0 Å². The molecule has 104 valence electrons. The van der Waals surface area contributed by atoms with Crippen molar-refractivity contribution in [3.05, 3.63) is 29.8 Å². The smallest absolute Gasteiger partial charge is 0.241 e. The van der Waals surface area contributed by atoms with Gasteiger partial charge in [0.1, 0.15) is 0 Å². The first-order chi connectivity index (χ1) is 8.82. The number of hydrogen-bond donors (Lipinski definition) is 1. The van der Waals surface area contributed by atoms with Crippen molar-refractivity contribution in [3.8, 4) is 0 Å². The van der Waals surface area contributed by atoms with Gasteiger partial charge in [-0.3, -0.25) is 9.59 Å². The highest BCUT2D eigenvalue weighted by Crippen LogP contribution is 2.19. The second kappa shape index (κ2) is 6.22. The average Bonchev–Trinajstić information content (AvgIpc) is 2.36. The molecule has 1 atom stereocenters. The fraction of sp³-hybridized carbons (Fsp3) is 0.429. The molecule has 0 saturated carbocycles. The van der Waals surface area contributed by atoms with Crippen LogP contribution in [0, 0.1) is 0 Å². The van der Waals surface area contributed by atoms with Gasteiger partial charge in [0.2, 0.25) is 11.8 Å². The van der Waals surface area contributed by atoms with E-state index in [-0.39, 0.29) is 24.3 Å². The van der Waals surface area contributed by atoms with Crippen LogP contribution in [0.25, 0.3) is 0 Å².